The van der Waals surface area contributed by atoms with E-state index in [1.165, 1.54) is 18.4 Å². The number of carbonyl (C=O) groups excluding carboxylic acids is 1. The first kappa shape index (κ1) is 11.0. The molecule has 4 nitrogen and oxygen atoms in total. The van der Waals surface area contributed by atoms with Gasteiger partial charge in [0.2, 0.25) is 0 Å². The zero-order valence-corrected chi connectivity index (χ0v) is 10.6. The molecule has 0 amide bonds. The summed E-state index contributed by atoms with van der Waals surface area (Å²) >= 11 is 4.86. The molecule has 2 unspecified atom stereocenters. The Morgan fingerprint density at radius 3 is 3.13 bits per heavy atom. The minimum Gasteiger partial charge on any atom is -0.469 e. The number of methoxy groups -OCH3 is 1. The van der Waals surface area contributed by atoms with Gasteiger partial charge in [-0.05, 0) is 15.9 Å². The number of hydrogen-bond donors (Lipinski definition) is 1. The van der Waals surface area contributed by atoms with Crippen LogP contribution in [-0.2, 0) is 9.53 Å². The molecule has 0 aliphatic carbocycles. The van der Waals surface area contributed by atoms with E-state index in [1.54, 1.807) is 0 Å². The second-order valence-corrected chi connectivity index (χ2v) is 5.55. The first-order valence-electron chi connectivity index (χ1n) is 4.62. The van der Waals surface area contributed by atoms with Gasteiger partial charge in [0.05, 0.1) is 18.7 Å². The number of ether oxygens (including phenoxy) is 1. The highest BCUT2D eigenvalue weighted by molar-refractivity contribution is 9.11. The van der Waals surface area contributed by atoms with Crippen LogP contribution in [0.2, 0.25) is 0 Å². The van der Waals surface area contributed by atoms with Crippen LogP contribution in [-0.4, -0.2) is 31.2 Å². The maximum Gasteiger partial charge on any atom is 0.310 e. The van der Waals surface area contributed by atoms with Gasteiger partial charge in [0.25, 0.3) is 0 Å². The third-order valence-electron chi connectivity index (χ3n) is 2.59. The van der Waals surface area contributed by atoms with Crippen molar-refractivity contribution >= 4 is 33.2 Å². The number of hydrogen-bond acceptors (Lipinski definition) is 5. The quantitative estimate of drug-likeness (QED) is 0.836. The summed E-state index contributed by atoms with van der Waals surface area (Å²) in [6, 6.07) is 0. The van der Waals surface area contributed by atoms with Crippen molar-refractivity contribution in [1.29, 1.82) is 0 Å². The fourth-order valence-corrected chi connectivity index (χ4v) is 2.91. The average molecular weight is 291 g/mol. The molecule has 1 saturated heterocycles. The lowest BCUT2D eigenvalue weighted by molar-refractivity contribution is -0.145. The standard InChI is InChI=1S/C9H11BrN2O2S/c1-14-8(13)6-3-11-2-5(6)7-4-15-9(10)12-7/h4-6,11H,2-3H2,1H3. The minimum absolute atomic E-state index is 0.107. The van der Waals surface area contributed by atoms with E-state index in [4.69, 9.17) is 4.74 Å². The molecule has 82 valence electrons. The summed E-state index contributed by atoms with van der Waals surface area (Å²) in [6.45, 7) is 1.46. The maximum atomic E-state index is 11.5. The fraction of sp³-hybridized carbons (Fsp3) is 0.556. The highest BCUT2D eigenvalue weighted by Gasteiger charge is 2.36. The molecule has 0 radical (unpaired) electrons. The number of rotatable bonds is 2. The molecular formula is C9H11BrN2O2S. The SMILES string of the molecule is COC(=O)C1CNCC1c1csc(Br)n1. The lowest BCUT2D eigenvalue weighted by Crippen LogP contribution is -2.23. The van der Waals surface area contributed by atoms with E-state index in [-0.39, 0.29) is 17.8 Å². The molecule has 1 aliphatic rings. The highest BCUT2D eigenvalue weighted by Crippen LogP contribution is 2.31. The van der Waals surface area contributed by atoms with Crippen LogP contribution in [0.3, 0.4) is 0 Å². The fourth-order valence-electron chi connectivity index (χ4n) is 1.82. The Bertz CT molecular complexity index is 369. The molecule has 0 saturated carbocycles. The average Bonchev–Trinajstić information content (AvgIpc) is 2.84. The third-order valence-corrected chi connectivity index (χ3v) is 3.98. The Morgan fingerprint density at radius 1 is 1.73 bits per heavy atom. The van der Waals surface area contributed by atoms with Crippen molar-refractivity contribution in [1.82, 2.24) is 10.3 Å². The predicted molar refractivity (Wildman–Crippen MR) is 60.9 cm³/mol. The molecule has 0 spiro atoms. The predicted octanol–water partition coefficient (Wildman–Crippen LogP) is 1.38. The second kappa shape index (κ2) is 4.59. The van der Waals surface area contributed by atoms with Crippen molar-refractivity contribution in [3.05, 3.63) is 15.0 Å². The Hall–Kier alpha value is -0.460. The van der Waals surface area contributed by atoms with E-state index in [2.05, 4.69) is 26.2 Å². The van der Waals surface area contributed by atoms with Crippen LogP contribution in [0, 0.1) is 5.92 Å². The molecule has 15 heavy (non-hydrogen) atoms. The van der Waals surface area contributed by atoms with Crippen LogP contribution in [0.25, 0.3) is 0 Å². The number of esters is 1. The number of aromatic nitrogens is 1. The summed E-state index contributed by atoms with van der Waals surface area (Å²) in [7, 11) is 1.43. The van der Waals surface area contributed by atoms with E-state index in [1.807, 2.05) is 5.38 Å². The molecule has 1 aliphatic heterocycles. The van der Waals surface area contributed by atoms with Crippen LogP contribution in [0.15, 0.2) is 9.30 Å². The summed E-state index contributed by atoms with van der Waals surface area (Å²) in [4.78, 5) is 15.9. The molecule has 2 atom stereocenters. The van der Waals surface area contributed by atoms with E-state index in [0.717, 1.165) is 16.2 Å². The van der Waals surface area contributed by atoms with Crippen molar-refractivity contribution < 1.29 is 9.53 Å². The van der Waals surface area contributed by atoms with Crippen LogP contribution >= 0.6 is 27.3 Å². The Balaban J connectivity index is 2.18. The monoisotopic (exact) mass is 290 g/mol. The van der Waals surface area contributed by atoms with E-state index in [9.17, 15) is 4.79 Å². The molecule has 0 bridgehead atoms. The van der Waals surface area contributed by atoms with Gasteiger partial charge in [-0.25, -0.2) is 4.98 Å². The molecule has 1 aromatic heterocycles. The number of thiazole rings is 1. The molecule has 1 aromatic rings. The molecule has 0 aromatic carbocycles. The van der Waals surface area contributed by atoms with Crippen molar-refractivity contribution in [2.45, 2.75) is 5.92 Å². The van der Waals surface area contributed by atoms with Gasteiger partial charge in [0.15, 0.2) is 3.92 Å². The van der Waals surface area contributed by atoms with E-state index >= 15 is 0 Å². The van der Waals surface area contributed by atoms with Gasteiger partial charge in [-0.15, -0.1) is 11.3 Å². The van der Waals surface area contributed by atoms with Crippen molar-refractivity contribution in [3.63, 3.8) is 0 Å². The summed E-state index contributed by atoms with van der Waals surface area (Å²) in [5.74, 6) is -0.127. The molecule has 6 heteroatoms. The summed E-state index contributed by atoms with van der Waals surface area (Å²) in [6.07, 6.45) is 0. The molecular weight excluding hydrogens is 280 g/mol. The Morgan fingerprint density at radius 2 is 2.53 bits per heavy atom. The molecule has 2 heterocycles. The van der Waals surface area contributed by atoms with Crippen molar-refractivity contribution in [3.8, 4) is 0 Å². The number of halogens is 1. The lowest BCUT2D eigenvalue weighted by atomic mass is 9.94. The zero-order chi connectivity index (χ0) is 10.8. The van der Waals surface area contributed by atoms with Crippen LogP contribution in [0.4, 0.5) is 0 Å². The smallest absolute Gasteiger partial charge is 0.310 e. The largest absolute Gasteiger partial charge is 0.469 e. The lowest BCUT2D eigenvalue weighted by Gasteiger charge is -2.13. The zero-order valence-electron chi connectivity index (χ0n) is 8.20. The number of nitrogens with one attached hydrogen (secondary N) is 1. The van der Waals surface area contributed by atoms with Crippen molar-refractivity contribution in [2.75, 3.05) is 20.2 Å². The molecule has 1 fully saturated rings. The summed E-state index contributed by atoms with van der Waals surface area (Å²) < 4.78 is 5.63. The van der Waals surface area contributed by atoms with Gasteiger partial charge in [-0.3, -0.25) is 4.79 Å². The topological polar surface area (TPSA) is 51.2 Å². The number of carbonyl (C=O) groups is 1. The Labute approximate surface area is 100 Å². The van der Waals surface area contributed by atoms with E-state index < -0.39 is 0 Å². The van der Waals surface area contributed by atoms with Crippen LogP contribution < -0.4 is 5.32 Å². The van der Waals surface area contributed by atoms with E-state index in [0.29, 0.717) is 6.54 Å². The Kier molecular flexibility index (Phi) is 3.38. The highest BCUT2D eigenvalue weighted by atomic mass is 79.9. The molecule has 1 N–H and O–H groups in total. The van der Waals surface area contributed by atoms with Gasteiger partial charge in [-0.1, -0.05) is 0 Å². The number of nitrogens with zero attached hydrogens (tertiary/aromatic N) is 1. The van der Waals surface area contributed by atoms with Gasteiger partial charge >= 0.3 is 5.97 Å². The summed E-state index contributed by atoms with van der Waals surface area (Å²) in [5, 5.41) is 5.18. The van der Waals surface area contributed by atoms with Gasteiger partial charge in [-0.2, -0.15) is 0 Å². The van der Waals surface area contributed by atoms with Gasteiger partial charge < -0.3 is 10.1 Å². The normalized spacial score (nSPS) is 25.5. The first-order chi connectivity index (χ1) is 7.22. The third kappa shape index (κ3) is 2.21. The maximum absolute atomic E-state index is 11.5. The van der Waals surface area contributed by atoms with Gasteiger partial charge in [0, 0.05) is 24.4 Å². The van der Waals surface area contributed by atoms with Crippen molar-refractivity contribution in [2.24, 2.45) is 5.92 Å². The minimum atomic E-state index is -0.158. The molecule has 2 rings (SSSR count). The second-order valence-electron chi connectivity index (χ2n) is 3.42. The summed E-state index contributed by atoms with van der Waals surface area (Å²) in [5.41, 5.74) is 0.965. The van der Waals surface area contributed by atoms with Crippen LogP contribution in [0.1, 0.15) is 11.6 Å². The van der Waals surface area contributed by atoms with Gasteiger partial charge in [0.1, 0.15) is 0 Å². The first-order valence-corrected chi connectivity index (χ1v) is 6.29. The van der Waals surface area contributed by atoms with Crippen LogP contribution in [0.5, 0.6) is 0 Å².